The third-order valence-corrected chi connectivity index (χ3v) is 1.56. The molecule has 1 aromatic heterocycles. The SMILES string of the molecule is OCCOCCNCc1ncccn1. The number of hydrogen-bond donors (Lipinski definition) is 2. The van der Waals surface area contributed by atoms with E-state index in [1.165, 1.54) is 0 Å². The summed E-state index contributed by atoms with van der Waals surface area (Å²) in [6.07, 6.45) is 3.43. The molecule has 0 unspecified atom stereocenters. The summed E-state index contributed by atoms with van der Waals surface area (Å²) >= 11 is 0. The van der Waals surface area contributed by atoms with Gasteiger partial charge in [-0.3, -0.25) is 0 Å². The fraction of sp³-hybridized carbons (Fsp3) is 0.556. The molecule has 1 rings (SSSR count). The van der Waals surface area contributed by atoms with Gasteiger partial charge in [0.25, 0.3) is 0 Å². The third kappa shape index (κ3) is 4.86. The van der Waals surface area contributed by atoms with E-state index in [4.69, 9.17) is 9.84 Å². The first kappa shape index (κ1) is 11.0. The van der Waals surface area contributed by atoms with E-state index in [1.807, 2.05) is 0 Å². The van der Waals surface area contributed by atoms with Crippen LogP contribution >= 0.6 is 0 Å². The minimum absolute atomic E-state index is 0.0712. The molecule has 1 aromatic rings. The van der Waals surface area contributed by atoms with E-state index in [-0.39, 0.29) is 6.61 Å². The molecule has 0 radical (unpaired) electrons. The molecule has 0 fully saturated rings. The number of hydrogen-bond acceptors (Lipinski definition) is 5. The van der Waals surface area contributed by atoms with Crippen LogP contribution in [0.4, 0.5) is 0 Å². The monoisotopic (exact) mass is 197 g/mol. The number of aliphatic hydroxyl groups is 1. The Kier molecular flexibility index (Phi) is 5.81. The minimum Gasteiger partial charge on any atom is -0.394 e. The van der Waals surface area contributed by atoms with E-state index < -0.39 is 0 Å². The van der Waals surface area contributed by atoms with E-state index >= 15 is 0 Å². The van der Waals surface area contributed by atoms with Crippen molar-refractivity contribution in [2.75, 3.05) is 26.4 Å². The highest BCUT2D eigenvalue weighted by Gasteiger charge is 1.92. The summed E-state index contributed by atoms with van der Waals surface area (Å²) in [6.45, 7) is 2.43. The number of nitrogens with one attached hydrogen (secondary N) is 1. The Labute approximate surface area is 83.2 Å². The van der Waals surface area contributed by atoms with E-state index in [1.54, 1.807) is 18.5 Å². The molecule has 0 aliphatic rings. The Morgan fingerprint density at radius 1 is 1.29 bits per heavy atom. The van der Waals surface area contributed by atoms with Crippen LogP contribution < -0.4 is 5.32 Å². The van der Waals surface area contributed by atoms with Crippen LogP contribution in [0.15, 0.2) is 18.5 Å². The number of aliphatic hydroxyl groups excluding tert-OH is 1. The second kappa shape index (κ2) is 7.37. The zero-order valence-electron chi connectivity index (χ0n) is 8.02. The van der Waals surface area contributed by atoms with Crippen LogP contribution in [0.5, 0.6) is 0 Å². The van der Waals surface area contributed by atoms with Gasteiger partial charge < -0.3 is 15.2 Å². The normalized spacial score (nSPS) is 10.4. The summed E-state index contributed by atoms with van der Waals surface area (Å²) in [5, 5.41) is 11.6. The zero-order valence-corrected chi connectivity index (χ0v) is 8.02. The molecular weight excluding hydrogens is 182 g/mol. The van der Waals surface area contributed by atoms with Crippen molar-refractivity contribution in [3.63, 3.8) is 0 Å². The first-order chi connectivity index (χ1) is 6.93. The average Bonchev–Trinajstić information content (AvgIpc) is 2.25. The predicted molar refractivity (Wildman–Crippen MR) is 51.6 cm³/mol. The lowest BCUT2D eigenvalue weighted by molar-refractivity contribution is 0.0937. The lowest BCUT2D eigenvalue weighted by Crippen LogP contribution is -2.21. The molecule has 0 saturated heterocycles. The van der Waals surface area contributed by atoms with Crippen LogP contribution in [0.3, 0.4) is 0 Å². The van der Waals surface area contributed by atoms with E-state index in [9.17, 15) is 0 Å². The second-order valence-electron chi connectivity index (χ2n) is 2.68. The fourth-order valence-electron chi connectivity index (χ4n) is 0.932. The first-order valence-electron chi connectivity index (χ1n) is 4.58. The van der Waals surface area contributed by atoms with Crippen LogP contribution in [0, 0.1) is 0 Å². The summed E-state index contributed by atoms with van der Waals surface area (Å²) in [5.41, 5.74) is 0. The molecule has 5 heteroatoms. The van der Waals surface area contributed by atoms with Crippen LogP contribution in [0.25, 0.3) is 0 Å². The number of rotatable bonds is 7. The second-order valence-corrected chi connectivity index (χ2v) is 2.68. The molecule has 0 aliphatic carbocycles. The molecular formula is C9H15N3O2. The van der Waals surface area contributed by atoms with Crippen LogP contribution in [-0.4, -0.2) is 41.4 Å². The largest absolute Gasteiger partial charge is 0.394 e. The Hall–Kier alpha value is -1.04. The Morgan fingerprint density at radius 2 is 2.07 bits per heavy atom. The maximum absolute atomic E-state index is 8.44. The van der Waals surface area contributed by atoms with Gasteiger partial charge in [-0.25, -0.2) is 9.97 Å². The molecule has 0 atom stereocenters. The van der Waals surface area contributed by atoms with Crippen LogP contribution in [-0.2, 0) is 11.3 Å². The van der Waals surface area contributed by atoms with Crippen LogP contribution in [0.2, 0.25) is 0 Å². The lowest BCUT2D eigenvalue weighted by atomic mass is 10.5. The number of nitrogens with zero attached hydrogens (tertiary/aromatic N) is 2. The first-order valence-corrected chi connectivity index (χ1v) is 4.58. The molecule has 0 aromatic carbocycles. The molecule has 0 saturated carbocycles. The van der Waals surface area contributed by atoms with Crippen molar-refractivity contribution in [1.29, 1.82) is 0 Å². The van der Waals surface area contributed by atoms with Crippen LogP contribution in [0.1, 0.15) is 5.82 Å². The van der Waals surface area contributed by atoms with Gasteiger partial charge in [0.05, 0.1) is 26.4 Å². The highest BCUT2D eigenvalue weighted by Crippen LogP contribution is 1.85. The summed E-state index contributed by atoms with van der Waals surface area (Å²) in [6, 6.07) is 1.79. The summed E-state index contributed by atoms with van der Waals surface area (Å²) in [4.78, 5) is 8.12. The molecule has 0 spiro atoms. The molecule has 0 amide bonds. The summed E-state index contributed by atoms with van der Waals surface area (Å²) in [5.74, 6) is 0.773. The Bertz CT molecular complexity index is 231. The fourth-order valence-corrected chi connectivity index (χ4v) is 0.932. The van der Waals surface area contributed by atoms with Crippen molar-refractivity contribution in [2.24, 2.45) is 0 Å². The quantitative estimate of drug-likeness (QED) is 0.581. The molecule has 5 nitrogen and oxygen atoms in total. The summed E-state index contributed by atoms with van der Waals surface area (Å²) < 4.78 is 5.07. The van der Waals surface area contributed by atoms with Gasteiger partial charge in [-0.1, -0.05) is 0 Å². The van der Waals surface area contributed by atoms with Gasteiger partial charge in [-0.15, -0.1) is 0 Å². The number of aromatic nitrogens is 2. The molecule has 2 N–H and O–H groups in total. The average molecular weight is 197 g/mol. The van der Waals surface area contributed by atoms with E-state index in [0.717, 1.165) is 12.4 Å². The highest BCUT2D eigenvalue weighted by molar-refractivity contribution is 4.87. The molecule has 0 aliphatic heterocycles. The maximum atomic E-state index is 8.44. The highest BCUT2D eigenvalue weighted by atomic mass is 16.5. The van der Waals surface area contributed by atoms with Gasteiger partial charge in [0, 0.05) is 18.9 Å². The summed E-state index contributed by atoms with van der Waals surface area (Å²) in [7, 11) is 0. The Morgan fingerprint density at radius 3 is 2.79 bits per heavy atom. The van der Waals surface area contributed by atoms with Gasteiger partial charge >= 0.3 is 0 Å². The molecule has 1 heterocycles. The van der Waals surface area contributed by atoms with Crippen molar-refractivity contribution in [3.8, 4) is 0 Å². The predicted octanol–water partition coefficient (Wildman–Crippen LogP) is -0.425. The topological polar surface area (TPSA) is 67.3 Å². The van der Waals surface area contributed by atoms with Gasteiger partial charge in [0.15, 0.2) is 0 Å². The van der Waals surface area contributed by atoms with Crippen molar-refractivity contribution < 1.29 is 9.84 Å². The third-order valence-electron chi connectivity index (χ3n) is 1.56. The maximum Gasteiger partial charge on any atom is 0.141 e. The van der Waals surface area contributed by atoms with Crippen molar-refractivity contribution in [3.05, 3.63) is 24.3 Å². The van der Waals surface area contributed by atoms with Crippen molar-refractivity contribution >= 4 is 0 Å². The zero-order chi connectivity index (χ0) is 10.1. The van der Waals surface area contributed by atoms with Gasteiger partial charge in [-0.2, -0.15) is 0 Å². The minimum atomic E-state index is 0.0712. The van der Waals surface area contributed by atoms with Gasteiger partial charge in [0.2, 0.25) is 0 Å². The smallest absolute Gasteiger partial charge is 0.141 e. The van der Waals surface area contributed by atoms with Gasteiger partial charge in [0.1, 0.15) is 5.82 Å². The molecule has 14 heavy (non-hydrogen) atoms. The van der Waals surface area contributed by atoms with Crippen molar-refractivity contribution in [2.45, 2.75) is 6.54 Å². The Balaban J connectivity index is 1.99. The van der Waals surface area contributed by atoms with Crippen molar-refractivity contribution in [1.82, 2.24) is 15.3 Å². The van der Waals surface area contributed by atoms with E-state index in [0.29, 0.717) is 19.8 Å². The lowest BCUT2D eigenvalue weighted by Gasteiger charge is -2.03. The molecule has 78 valence electrons. The standard InChI is InChI=1S/C9H15N3O2/c13-5-7-14-6-4-10-8-9-11-2-1-3-12-9/h1-3,10,13H,4-8H2. The molecule has 0 bridgehead atoms. The van der Waals surface area contributed by atoms with Gasteiger partial charge in [-0.05, 0) is 6.07 Å². The van der Waals surface area contributed by atoms with E-state index in [2.05, 4.69) is 15.3 Å². The number of ether oxygens (including phenoxy) is 1.